The van der Waals surface area contributed by atoms with Gasteiger partial charge >= 0.3 is 0 Å². The molecule has 1 unspecified atom stereocenters. The molecule has 112 valence electrons. The Hall–Kier alpha value is -1.50. The van der Waals surface area contributed by atoms with Gasteiger partial charge in [-0.05, 0) is 24.6 Å². The molecule has 21 heavy (non-hydrogen) atoms. The van der Waals surface area contributed by atoms with Crippen molar-refractivity contribution >= 4 is 28.8 Å². The molecule has 1 amide bonds. The van der Waals surface area contributed by atoms with E-state index in [1.165, 1.54) is 35.6 Å². The second kappa shape index (κ2) is 6.98. The van der Waals surface area contributed by atoms with Crippen molar-refractivity contribution in [2.24, 2.45) is 0 Å². The highest BCUT2D eigenvalue weighted by Crippen LogP contribution is 2.23. The summed E-state index contributed by atoms with van der Waals surface area (Å²) in [4.78, 5) is 16.0. The number of carbonyl (C=O) groups is 1. The number of hydrogen-bond acceptors (Lipinski definition) is 4. The number of rotatable bonds is 5. The molecule has 4 nitrogen and oxygen atoms in total. The van der Waals surface area contributed by atoms with Crippen molar-refractivity contribution in [1.29, 1.82) is 0 Å². The lowest BCUT2D eigenvalue weighted by molar-refractivity contribution is -0.129. The van der Waals surface area contributed by atoms with Crippen molar-refractivity contribution in [3.05, 3.63) is 50.7 Å². The number of halogens is 2. The number of aliphatic hydroxyl groups is 1. The summed E-state index contributed by atoms with van der Waals surface area (Å²) >= 11 is 7.28. The Morgan fingerprint density at radius 1 is 1.48 bits per heavy atom. The van der Waals surface area contributed by atoms with Gasteiger partial charge in [0.05, 0.1) is 10.7 Å². The summed E-state index contributed by atoms with van der Waals surface area (Å²) in [5, 5.41) is 13.3. The van der Waals surface area contributed by atoms with Gasteiger partial charge in [0, 0.05) is 13.0 Å². The molecule has 2 rings (SSSR count). The normalized spacial score (nSPS) is 12.2. The topological polar surface area (TPSA) is 62.2 Å². The molecule has 0 aliphatic rings. The molecule has 0 saturated heterocycles. The fourth-order valence-corrected chi connectivity index (χ4v) is 2.82. The van der Waals surface area contributed by atoms with Crippen molar-refractivity contribution in [2.45, 2.75) is 19.4 Å². The lowest BCUT2D eigenvalue weighted by Gasteiger charge is -2.11. The van der Waals surface area contributed by atoms with Crippen LogP contribution in [0.2, 0.25) is 4.34 Å². The number of carbonyl (C=O) groups excluding carboxylic acids is 1. The maximum atomic E-state index is 12.8. The molecule has 1 atom stereocenters. The van der Waals surface area contributed by atoms with Crippen LogP contribution in [0.15, 0.2) is 24.3 Å². The Morgan fingerprint density at radius 3 is 2.71 bits per heavy atom. The van der Waals surface area contributed by atoms with Crippen LogP contribution in [-0.4, -0.2) is 22.5 Å². The van der Waals surface area contributed by atoms with Crippen molar-refractivity contribution in [1.82, 2.24) is 10.3 Å². The molecular formula is C14H14ClFN2O2S. The van der Waals surface area contributed by atoms with Crippen LogP contribution < -0.4 is 5.32 Å². The fourth-order valence-electron chi connectivity index (χ4n) is 1.72. The minimum absolute atomic E-state index is 0.348. The Bertz CT molecular complexity index is 611. The number of amides is 1. The van der Waals surface area contributed by atoms with Crippen molar-refractivity contribution < 1.29 is 14.3 Å². The molecule has 0 fully saturated rings. The van der Waals surface area contributed by atoms with Gasteiger partial charge in [0.15, 0.2) is 6.10 Å². The second-order valence-electron chi connectivity index (χ2n) is 4.46. The lowest BCUT2D eigenvalue weighted by atomic mass is 10.1. The summed E-state index contributed by atoms with van der Waals surface area (Å²) in [6, 6.07) is 5.16. The summed E-state index contributed by atoms with van der Waals surface area (Å²) in [5.74, 6) is -0.941. The van der Waals surface area contributed by atoms with Gasteiger partial charge in [-0.15, -0.1) is 11.3 Å². The van der Waals surface area contributed by atoms with Crippen LogP contribution in [-0.2, 0) is 11.2 Å². The first-order chi connectivity index (χ1) is 9.97. The smallest absolute Gasteiger partial charge is 0.253 e. The van der Waals surface area contributed by atoms with Gasteiger partial charge < -0.3 is 10.4 Å². The van der Waals surface area contributed by atoms with Gasteiger partial charge in [0.25, 0.3) is 5.91 Å². The SMILES string of the molecule is Cc1nc(CCNC(=O)C(O)c2ccc(F)cc2)sc1Cl. The standard InChI is InChI=1S/C14H14ClFN2O2S/c1-8-13(15)21-11(18-8)6-7-17-14(20)12(19)9-2-4-10(16)5-3-9/h2-5,12,19H,6-7H2,1H3,(H,17,20). The van der Waals surface area contributed by atoms with E-state index in [-0.39, 0.29) is 0 Å². The van der Waals surface area contributed by atoms with Crippen LogP contribution in [0, 0.1) is 12.7 Å². The fraction of sp³-hybridized carbons (Fsp3) is 0.286. The Kier molecular flexibility index (Phi) is 5.27. The maximum Gasteiger partial charge on any atom is 0.253 e. The third kappa shape index (κ3) is 4.23. The Balaban J connectivity index is 1.85. The van der Waals surface area contributed by atoms with Gasteiger partial charge in [-0.1, -0.05) is 23.7 Å². The predicted molar refractivity (Wildman–Crippen MR) is 79.9 cm³/mol. The Morgan fingerprint density at radius 2 is 2.14 bits per heavy atom. The first kappa shape index (κ1) is 15.9. The van der Waals surface area contributed by atoms with E-state index in [1.807, 2.05) is 6.92 Å². The molecule has 2 N–H and O–H groups in total. The zero-order valence-corrected chi connectivity index (χ0v) is 12.8. The molecule has 0 aliphatic heterocycles. The van der Waals surface area contributed by atoms with Gasteiger partial charge in [-0.3, -0.25) is 4.79 Å². The van der Waals surface area contributed by atoms with Crippen LogP contribution >= 0.6 is 22.9 Å². The van der Waals surface area contributed by atoms with Crippen LogP contribution in [0.5, 0.6) is 0 Å². The molecule has 0 radical (unpaired) electrons. The average molecular weight is 329 g/mol. The van der Waals surface area contributed by atoms with Crippen LogP contribution in [0.1, 0.15) is 22.4 Å². The van der Waals surface area contributed by atoms with Gasteiger partial charge in [0.2, 0.25) is 0 Å². The zero-order chi connectivity index (χ0) is 15.4. The molecule has 1 heterocycles. The molecule has 0 spiro atoms. The minimum atomic E-state index is -1.31. The number of thiazole rings is 1. The molecule has 2 aromatic rings. The van der Waals surface area contributed by atoms with Gasteiger partial charge in [0.1, 0.15) is 10.2 Å². The van der Waals surface area contributed by atoms with E-state index in [0.29, 0.717) is 22.9 Å². The van der Waals surface area contributed by atoms with E-state index < -0.39 is 17.8 Å². The number of hydrogen-bond donors (Lipinski definition) is 2. The highest BCUT2D eigenvalue weighted by molar-refractivity contribution is 7.16. The van der Waals surface area contributed by atoms with Crippen LogP contribution in [0.3, 0.4) is 0 Å². The van der Waals surface area contributed by atoms with Crippen molar-refractivity contribution in [3.8, 4) is 0 Å². The second-order valence-corrected chi connectivity index (χ2v) is 6.15. The van der Waals surface area contributed by atoms with E-state index in [9.17, 15) is 14.3 Å². The summed E-state index contributed by atoms with van der Waals surface area (Å²) in [6.07, 6.45) is -0.771. The third-order valence-electron chi connectivity index (χ3n) is 2.86. The first-order valence-corrected chi connectivity index (χ1v) is 7.50. The predicted octanol–water partition coefficient (Wildman–Crippen LogP) is 2.64. The number of aliphatic hydroxyl groups excluding tert-OH is 1. The number of nitrogens with one attached hydrogen (secondary N) is 1. The molecular weight excluding hydrogens is 315 g/mol. The van der Waals surface area contributed by atoms with E-state index in [2.05, 4.69) is 10.3 Å². The van der Waals surface area contributed by atoms with Gasteiger partial charge in [-0.2, -0.15) is 0 Å². The number of nitrogens with zero attached hydrogens (tertiary/aromatic N) is 1. The first-order valence-electron chi connectivity index (χ1n) is 6.30. The summed E-state index contributed by atoms with van der Waals surface area (Å²) in [6.45, 7) is 2.17. The number of aryl methyl sites for hydroxylation is 1. The highest BCUT2D eigenvalue weighted by atomic mass is 35.5. The lowest BCUT2D eigenvalue weighted by Crippen LogP contribution is -2.30. The molecule has 0 saturated carbocycles. The quantitative estimate of drug-likeness (QED) is 0.887. The van der Waals surface area contributed by atoms with E-state index in [4.69, 9.17) is 11.6 Å². The summed E-state index contributed by atoms with van der Waals surface area (Å²) in [5.41, 5.74) is 1.12. The van der Waals surface area contributed by atoms with Gasteiger partial charge in [-0.25, -0.2) is 9.37 Å². The zero-order valence-electron chi connectivity index (χ0n) is 11.3. The molecule has 1 aromatic carbocycles. The molecule has 0 aliphatic carbocycles. The molecule has 1 aromatic heterocycles. The largest absolute Gasteiger partial charge is 0.378 e. The minimum Gasteiger partial charge on any atom is -0.378 e. The van der Waals surface area contributed by atoms with E-state index >= 15 is 0 Å². The van der Waals surface area contributed by atoms with Crippen molar-refractivity contribution in [2.75, 3.05) is 6.54 Å². The van der Waals surface area contributed by atoms with E-state index in [1.54, 1.807) is 0 Å². The van der Waals surface area contributed by atoms with Crippen molar-refractivity contribution in [3.63, 3.8) is 0 Å². The summed E-state index contributed by atoms with van der Waals surface area (Å²) in [7, 11) is 0. The molecule has 0 bridgehead atoms. The van der Waals surface area contributed by atoms with E-state index in [0.717, 1.165) is 10.7 Å². The highest BCUT2D eigenvalue weighted by Gasteiger charge is 2.17. The maximum absolute atomic E-state index is 12.8. The summed E-state index contributed by atoms with van der Waals surface area (Å²) < 4.78 is 13.4. The average Bonchev–Trinajstić information content (AvgIpc) is 2.77. The van der Waals surface area contributed by atoms with Crippen LogP contribution in [0.4, 0.5) is 4.39 Å². The number of benzene rings is 1. The number of aromatic nitrogens is 1. The monoisotopic (exact) mass is 328 g/mol. The van der Waals surface area contributed by atoms with Crippen LogP contribution in [0.25, 0.3) is 0 Å². The Labute approximate surface area is 130 Å². The molecule has 7 heteroatoms. The third-order valence-corrected chi connectivity index (χ3v) is 4.37.